The molecule has 1 aliphatic heterocycles. The molecule has 3 rings (SSSR count). The second-order valence-electron chi connectivity index (χ2n) is 6.33. The molecule has 1 fully saturated rings. The maximum atomic E-state index is 13.7. The molecule has 5 nitrogen and oxygen atoms in total. The van der Waals surface area contributed by atoms with Gasteiger partial charge in [-0.15, -0.1) is 0 Å². The van der Waals surface area contributed by atoms with Gasteiger partial charge in [0.1, 0.15) is 11.0 Å². The molecule has 0 bridgehead atoms. The molecule has 7 heteroatoms. The molecule has 1 atom stereocenters. The molecular formula is C18H24ClFN4O. The van der Waals surface area contributed by atoms with E-state index in [1.165, 1.54) is 6.07 Å². The Labute approximate surface area is 152 Å². The van der Waals surface area contributed by atoms with Crippen LogP contribution < -0.4 is 5.32 Å². The van der Waals surface area contributed by atoms with Crippen LogP contribution in [0.2, 0.25) is 5.15 Å². The summed E-state index contributed by atoms with van der Waals surface area (Å²) in [6, 6.07) is 6.93. The molecular weight excluding hydrogens is 343 g/mol. The van der Waals surface area contributed by atoms with Gasteiger partial charge in [-0.2, -0.15) is 5.10 Å². The average Bonchev–Trinajstić information content (AvgIpc) is 2.85. The molecule has 1 saturated heterocycles. The third kappa shape index (κ3) is 4.39. The topological polar surface area (TPSA) is 42.3 Å². The van der Waals surface area contributed by atoms with Crippen molar-refractivity contribution in [3.05, 3.63) is 52.1 Å². The molecule has 0 spiro atoms. The predicted molar refractivity (Wildman–Crippen MR) is 96.2 cm³/mol. The van der Waals surface area contributed by atoms with E-state index in [1.54, 1.807) is 16.8 Å². The predicted octanol–water partition coefficient (Wildman–Crippen LogP) is 2.68. The molecule has 0 aliphatic carbocycles. The van der Waals surface area contributed by atoms with Crippen LogP contribution in [0.5, 0.6) is 0 Å². The Morgan fingerprint density at radius 2 is 2.12 bits per heavy atom. The van der Waals surface area contributed by atoms with Crippen LogP contribution in [-0.2, 0) is 18.3 Å². The van der Waals surface area contributed by atoms with E-state index in [-0.39, 0.29) is 11.9 Å². The van der Waals surface area contributed by atoms with E-state index < -0.39 is 0 Å². The number of ether oxygens (including phenoxy) is 1. The highest BCUT2D eigenvalue weighted by Gasteiger charge is 2.23. The summed E-state index contributed by atoms with van der Waals surface area (Å²) >= 11 is 6.30. The van der Waals surface area contributed by atoms with Crippen molar-refractivity contribution in [3.63, 3.8) is 0 Å². The lowest BCUT2D eigenvalue weighted by Gasteiger charge is -2.35. The van der Waals surface area contributed by atoms with E-state index in [0.29, 0.717) is 31.5 Å². The molecule has 1 aliphatic rings. The quantitative estimate of drug-likeness (QED) is 0.853. The maximum absolute atomic E-state index is 13.7. The summed E-state index contributed by atoms with van der Waals surface area (Å²) < 4.78 is 20.8. The molecule has 0 radical (unpaired) electrons. The highest BCUT2D eigenvalue weighted by atomic mass is 35.5. The summed E-state index contributed by atoms with van der Waals surface area (Å²) in [6.45, 7) is 6.39. The van der Waals surface area contributed by atoms with Gasteiger partial charge in [0, 0.05) is 44.8 Å². The van der Waals surface area contributed by atoms with Crippen molar-refractivity contribution < 1.29 is 9.13 Å². The Kier molecular flexibility index (Phi) is 6.06. The molecule has 1 aromatic carbocycles. The summed E-state index contributed by atoms with van der Waals surface area (Å²) in [7, 11) is 1.84. The number of hydrogen-bond donors (Lipinski definition) is 1. The fraction of sp³-hybridized carbons (Fsp3) is 0.500. The first-order valence-electron chi connectivity index (χ1n) is 8.52. The monoisotopic (exact) mass is 366 g/mol. The van der Waals surface area contributed by atoms with Gasteiger partial charge in [-0.05, 0) is 24.6 Å². The van der Waals surface area contributed by atoms with E-state index in [9.17, 15) is 4.39 Å². The number of benzene rings is 1. The van der Waals surface area contributed by atoms with Gasteiger partial charge in [-0.3, -0.25) is 9.58 Å². The normalized spacial score (nSPS) is 17.0. The fourth-order valence-electron chi connectivity index (χ4n) is 3.27. The Morgan fingerprint density at radius 3 is 2.76 bits per heavy atom. The van der Waals surface area contributed by atoms with Crippen LogP contribution >= 0.6 is 11.6 Å². The smallest absolute Gasteiger partial charge is 0.131 e. The van der Waals surface area contributed by atoms with Crippen molar-refractivity contribution in [1.82, 2.24) is 20.0 Å². The van der Waals surface area contributed by atoms with Crippen LogP contribution in [-0.4, -0.2) is 47.5 Å². The summed E-state index contributed by atoms with van der Waals surface area (Å²) in [6.07, 6.45) is 0. The van der Waals surface area contributed by atoms with E-state index >= 15 is 0 Å². The molecule has 0 amide bonds. The lowest BCUT2D eigenvalue weighted by atomic mass is 10.0. The first-order chi connectivity index (χ1) is 12.1. The summed E-state index contributed by atoms with van der Waals surface area (Å²) in [5, 5.41) is 8.46. The van der Waals surface area contributed by atoms with Gasteiger partial charge in [-0.1, -0.05) is 23.7 Å². The minimum absolute atomic E-state index is 0.0929. The number of nitrogens with one attached hydrogen (secondary N) is 1. The van der Waals surface area contributed by atoms with E-state index in [1.807, 2.05) is 20.0 Å². The Hall–Kier alpha value is -1.47. The van der Waals surface area contributed by atoms with Gasteiger partial charge >= 0.3 is 0 Å². The van der Waals surface area contributed by atoms with E-state index in [4.69, 9.17) is 16.3 Å². The Balaban J connectivity index is 1.71. The standard InChI is InChI=1S/C18H24ClFN4O/c1-13-16(18(19)23(2)22-13)11-21-12-17(24-6-8-25-9-7-24)14-4-3-5-15(20)10-14/h3-5,10,17,21H,6-9,11-12H2,1-2H3. The van der Waals surface area contributed by atoms with Crippen molar-refractivity contribution in [2.75, 3.05) is 32.8 Å². The van der Waals surface area contributed by atoms with Crippen LogP contribution in [0.15, 0.2) is 24.3 Å². The highest BCUT2D eigenvalue weighted by molar-refractivity contribution is 6.30. The second kappa shape index (κ2) is 8.27. The summed E-state index contributed by atoms with van der Waals surface area (Å²) in [4.78, 5) is 2.34. The lowest BCUT2D eigenvalue weighted by Crippen LogP contribution is -2.42. The van der Waals surface area contributed by atoms with Crippen molar-refractivity contribution >= 4 is 11.6 Å². The minimum atomic E-state index is -0.207. The third-order valence-electron chi connectivity index (χ3n) is 4.63. The molecule has 2 heterocycles. The number of aryl methyl sites for hydroxylation is 2. The second-order valence-corrected chi connectivity index (χ2v) is 6.69. The zero-order chi connectivity index (χ0) is 17.8. The van der Waals surface area contributed by atoms with Crippen LogP contribution in [0.4, 0.5) is 4.39 Å². The van der Waals surface area contributed by atoms with Gasteiger partial charge < -0.3 is 10.1 Å². The number of rotatable bonds is 6. The zero-order valence-corrected chi connectivity index (χ0v) is 15.4. The van der Waals surface area contributed by atoms with E-state index in [2.05, 4.69) is 15.3 Å². The van der Waals surface area contributed by atoms with Crippen molar-refractivity contribution in [2.45, 2.75) is 19.5 Å². The molecule has 136 valence electrons. The first-order valence-corrected chi connectivity index (χ1v) is 8.90. The average molecular weight is 367 g/mol. The molecule has 25 heavy (non-hydrogen) atoms. The largest absolute Gasteiger partial charge is 0.379 e. The third-order valence-corrected chi connectivity index (χ3v) is 5.10. The van der Waals surface area contributed by atoms with Crippen LogP contribution in [0.25, 0.3) is 0 Å². The van der Waals surface area contributed by atoms with Crippen LogP contribution in [0, 0.1) is 12.7 Å². The SMILES string of the molecule is Cc1nn(C)c(Cl)c1CNCC(c1cccc(F)c1)N1CCOCC1. The minimum Gasteiger partial charge on any atom is -0.379 e. The van der Waals surface area contributed by atoms with E-state index in [0.717, 1.165) is 29.9 Å². The fourth-order valence-corrected chi connectivity index (χ4v) is 3.51. The summed E-state index contributed by atoms with van der Waals surface area (Å²) in [5.41, 5.74) is 2.90. The number of aromatic nitrogens is 2. The first kappa shape index (κ1) is 18.3. The highest BCUT2D eigenvalue weighted by Crippen LogP contribution is 2.23. The van der Waals surface area contributed by atoms with Gasteiger partial charge in [0.2, 0.25) is 0 Å². The number of morpholine rings is 1. The zero-order valence-electron chi connectivity index (χ0n) is 14.6. The Bertz CT molecular complexity index is 715. The molecule has 1 unspecified atom stereocenters. The van der Waals surface area contributed by atoms with Crippen molar-refractivity contribution in [1.29, 1.82) is 0 Å². The number of hydrogen-bond acceptors (Lipinski definition) is 4. The molecule has 2 aromatic rings. The number of nitrogens with zero attached hydrogens (tertiary/aromatic N) is 3. The van der Waals surface area contributed by atoms with Crippen LogP contribution in [0.3, 0.4) is 0 Å². The summed E-state index contributed by atoms with van der Waals surface area (Å²) in [5.74, 6) is -0.207. The Morgan fingerprint density at radius 1 is 1.36 bits per heavy atom. The van der Waals surface area contributed by atoms with Gasteiger partial charge in [0.15, 0.2) is 0 Å². The van der Waals surface area contributed by atoms with Gasteiger partial charge in [0.05, 0.1) is 18.9 Å². The maximum Gasteiger partial charge on any atom is 0.131 e. The van der Waals surface area contributed by atoms with Gasteiger partial charge in [0.25, 0.3) is 0 Å². The van der Waals surface area contributed by atoms with Crippen LogP contribution in [0.1, 0.15) is 22.9 Å². The molecule has 0 saturated carbocycles. The van der Waals surface area contributed by atoms with Crippen molar-refractivity contribution in [3.8, 4) is 0 Å². The van der Waals surface area contributed by atoms with Crippen molar-refractivity contribution in [2.24, 2.45) is 7.05 Å². The lowest BCUT2D eigenvalue weighted by molar-refractivity contribution is 0.0160. The molecule has 1 N–H and O–H groups in total. The van der Waals surface area contributed by atoms with Gasteiger partial charge in [-0.25, -0.2) is 4.39 Å². The molecule has 1 aromatic heterocycles. The number of halogens is 2.